The highest BCUT2D eigenvalue weighted by Gasteiger charge is 2.31. The number of benzene rings is 1. The molecule has 0 aliphatic rings. The minimum absolute atomic E-state index is 0.241. The van der Waals surface area contributed by atoms with Gasteiger partial charge in [0.2, 0.25) is 0 Å². The van der Waals surface area contributed by atoms with E-state index in [0.717, 1.165) is 4.90 Å². The van der Waals surface area contributed by atoms with Crippen LogP contribution in [0.3, 0.4) is 0 Å². The number of thioether (sulfide) groups is 1. The van der Waals surface area contributed by atoms with Gasteiger partial charge >= 0.3 is 7.82 Å². The highest BCUT2D eigenvalue weighted by atomic mass is 32.2. The molecule has 4 nitrogen and oxygen atoms in total. The first kappa shape index (κ1) is 16.6. The van der Waals surface area contributed by atoms with Crippen molar-refractivity contribution in [2.24, 2.45) is 0 Å². The van der Waals surface area contributed by atoms with Crippen LogP contribution in [-0.2, 0) is 13.6 Å². The van der Waals surface area contributed by atoms with Gasteiger partial charge in [-0.1, -0.05) is 0 Å². The second kappa shape index (κ2) is 7.34. The number of rotatable bonds is 7. The van der Waals surface area contributed by atoms with E-state index in [1.54, 1.807) is 51.6 Å². The van der Waals surface area contributed by atoms with Crippen LogP contribution in [0, 0.1) is 0 Å². The van der Waals surface area contributed by atoms with E-state index >= 15 is 0 Å². The van der Waals surface area contributed by atoms with Crippen LogP contribution < -0.4 is 4.52 Å². The van der Waals surface area contributed by atoms with E-state index < -0.39 is 7.82 Å². The molecule has 6 heteroatoms. The van der Waals surface area contributed by atoms with Gasteiger partial charge in [0, 0.05) is 4.90 Å². The Morgan fingerprint density at radius 1 is 1.00 bits per heavy atom. The van der Waals surface area contributed by atoms with Gasteiger partial charge in [-0.15, -0.1) is 11.8 Å². The molecule has 0 fully saturated rings. The van der Waals surface area contributed by atoms with Crippen molar-refractivity contribution in [2.45, 2.75) is 44.8 Å². The summed E-state index contributed by atoms with van der Waals surface area (Å²) < 4.78 is 28.5. The van der Waals surface area contributed by atoms with Crippen molar-refractivity contribution < 1.29 is 18.1 Å². The van der Waals surface area contributed by atoms with Crippen molar-refractivity contribution in [3.05, 3.63) is 24.3 Å². The lowest BCUT2D eigenvalue weighted by Crippen LogP contribution is -2.11. The minimum atomic E-state index is -3.58. The van der Waals surface area contributed by atoms with Gasteiger partial charge < -0.3 is 4.52 Å². The van der Waals surface area contributed by atoms with E-state index in [4.69, 9.17) is 13.6 Å². The highest BCUT2D eigenvalue weighted by molar-refractivity contribution is 7.98. The van der Waals surface area contributed by atoms with Gasteiger partial charge in [0.05, 0.1) is 12.2 Å². The van der Waals surface area contributed by atoms with E-state index in [9.17, 15) is 4.57 Å². The third-order valence-electron chi connectivity index (χ3n) is 1.96. The van der Waals surface area contributed by atoms with E-state index in [1.807, 2.05) is 18.4 Å². The summed E-state index contributed by atoms with van der Waals surface area (Å²) in [4.78, 5) is 1.11. The zero-order chi connectivity index (χ0) is 14.5. The van der Waals surface area contributed by atoms with Crippen LogP contribution >= 0.6 is 19.6 Å². The second-order valence-electron chi connectivity index (χ2n) is 4.52. The molecule has 0 unspecified atom stereocenters. The maximum absolute atomic E-state index is 12.5. The van der Waals surface area contributed by atoms with Crippen molar-refractivity contribution in [3.63, 3.8) is 0 Å². The molecular weight excluding hydrogens is 283 g/mol. The van der Waals surface area contributed by atoms with Gasteiger partial charge in [0.25, 0.3) is 0 Å². The quantitative estimate of drug-likeness (QED) is 0.537. The minimum Gasteiger partial charge on any atom is -0.404 e. The molecule has 0 aliphatic carbocycles. The summed E-state index contributed by atoms with van der Waals surface area (Å²) in [6.07, 6.45) is 1.51. The van der Waals surface area contributed by atoms with Crippen LogP contribution in [-0.4, -0.2) is 18.5 Å². The Hall–Kier alpha value is -0.480. The normalized spacial score (nSPS) is 12.2. The second-order valence-corrected chi connectivity index (χ2v) is 6.90. The van der Waals surface area contributed by atoms with Crippen molar-refractivity contribution in [2.75, 3.05) is 6.26 Å². The number of hydrogen-bond donors (Lipinski definition) is 0. The first-order valence-corrected chi connectivity index (χ1v) is 8.83. The Labute approximate surface area is 119 Å². The van der Waals surface area contributed by atoms with Gasteiger partial charge in [-0.05, 0) is 58.2 Å². The molecule has 1 aromatic carbocycles. The van der Waals surface area contributed by atoms with Crippen LogP contribution in [0.1, 0.15) is 27.7 Å². The summed E-state index contributed by atoms with van der Waals surface area (Å²) in [5.41, 5.74) is 0. The van der Waals surface area contributed by atoms with Gasteiger partial charge in [0.1, 0.15) is 5.75 Å². The first-order valence-electron chi connectivity index (χ1n) is 6.15. The van der Waals surface area contributed by atoms with E-state index in [2.05, 4.69) is 0 Å². The van der Waals surface area contributed by atoms with Gasteiger partial charge in [-0.2, -0.15) is 0 Å². The zero-order valence-corrected chi connectivity index (χ0v) is 13.7. The molecule has 108 valence electrons. The molecule has 0 N–H and O–H groups in total. The molecule has 0 saturated heterocycles. The van der Waals surface area contributed by atoms with Crippen LogP contribution in [0.2, 0.25) is 0 Å². The van der Waals surface area contributed by atoms with Crippen molar-refractivity contribution in [3.8, 4) is 5.75 Å². The number of phosphoric acid groups is 1. The topological polar surface area (TPSA) is 44.8 Å². The van der Waals surface area contributed by atoms with Crippen molar-refractivity contribution in [1.29, 1.82) is 0 Å². The van der Waals surface area contributed by atoms with Crippen LogP contribution in [0.5, 0.6) is 5.75 Å². The SMILES string of the molecule is CSc1ccc(OP(=O)(OC(C)C)OC(C)C)cc1. The molecule has 0 aromatic heterocycles. The van der Waals surface area contributed by atoms with E-state index in [-0.39, 0.29) is 12.2 Å². The Kier molecular flexibility index (Phi) is 6.40. The predicted molar refractivity (Wildman–Crippen MR) is 78.9 cm³/mol. The maximum atomic E-state index is 12.5. The lowest BCUT2D eigenvalue weighted by molar-refractivity contribution is 0.103. The van der Waals surface area contributed by atoms with Gasteiger partial charge in [0.15, 0.2) is 0 Å². The molecule has 1 rings (SSSR count). The van der Waals surface area contributed by atoms with Crippen molar-refractivity contribution >= 4 is 19.6 Å². The Bertz CT molecular complexity index is 417. The predicted octanol–water partition coefficient (Wildman–Crippen LogP) is 4.75. The monoisotopic (exact) mass is 304 g/mol. The molecule has 0 amide bonds. The molecule has 0 atom stereocenters. The lowest BCUT2D eigenvalue weighted by Gasteiger charge is -2.22. The summed E-state index contributed by atoms with van der Waals surface area (Å²) in [5.74, 6) is 0.474. The molecule has 0 spiro atoms. The van der Waals surface area contributed by atoms with Crippen LogP contribution in [0.4, 0.5) is 0 Å². The summed E-state index contributed by atoms with van der Waals surface area (Å²) >= 11 is 1.63. The average Bonchev–Trinajstić information content (AvgIpc) is 2.27. The third-order valence-corrected chi connectivity index (χ3v) is 4.49. The molecule has 19 heavy (non-hydrogen) atoms. The van der Waals surface area contributed by atoms with Gasteiger partial charge in [-0.25, -0.2) is 4.57 Å². The maximum Gasteiger partial charge on any atom is 0.530 e. The summed E-state index contributed by atoms with van der Waals surface area (Å²) in [6.45, 7) is 7.15. The molecule has 0 radical (unpaired) electrons. The number of phosphoric ester groups is 1. The van der Waals surface area contributed by atoms with Crippen LogP contribution in [0.25, 0.3) is 0 Å². The Morgan fingerprint density at radius 3 is 1.84 bits per heavy atom. The summed E-state index contributed by atoms with van der Waals surface area (Å²) in [6, 6.07) is 7.31. The first-order chi connectivity index (χ1) is 8.84. The summed E-state index contributed by atoms with van der Waals surface area (Å²) in [7, 11) is -3.58. The number of hydrogen-bond acceptors (Lipinski definition) is 5. The molecule has 0 heterocycles. The van der Waals surface area contributed by atoms with E-state index in [1.165, 1.54) is 0 Å². The molecule has 0 bridgehead atoms. The molecular formula is C13H21O4PS. The standard InChI is InChI=1S/C13H21O4PS/c1-10(2)15-18(14,16-11(3)4)17-12-6-8-13(19-5)9-7-12/h6-11H,1-5H3. The summed E-state index contributed by atoms with van der Waals surface area (Å²) in [5, 5.41) is 0. The molecule has 0 aliphatic heterocycles. The van der Waals surface area contributed by atoms with Crippen molar-refractivity contribution in [1.82, 2.24) is 0 Å². The third kappa shape index (κ3) is 6.00. The fraction of sp³-hybridized carbons (Fsp3) is 0.538. The van der Waals surface area contributed by atoms with Gasteiger partial charge in [-0.3, -0.25) is 9.05 Å². The average molecular weight is 304 g/mol. The Morgan fingerprint density at radius 2 is 1.47 bits per heavy atom. The smallest absolute Gasteiger partial charge is 0.404 e. The zero-order valence-electron chi connectivity index (χ0n) is 12.0. The van der Waals surface area contributed by atoms with E-state index in [0.29, 0.717) is 5.75 Å². The highest BCUT2D eigenvalue weighted by Crippen LogP contribution is 2.51. The molecule has 1 aromatic rings. The molecule has 0 saturated carbocycles. The Balaban J connectivity index is 2.83. The fourth-order valence-electron chi connectivity index (χ4n) is 1.35. The van der Waals surface area contributed by atoms with Crippen LogP contribution in [0.15, 0.2) is 29.2 Å². The largest absolute Gasteiger partial charge is 0.530 e. The lowest BCUT2D eigenvalue weighted by atomic mass is 10.3. The fourth-order valence-corrected chi connectivity index (χ4v) is 3.31.